The van der Waals surface area contributed by atoms with Crippen LogP contribution in [-0.4, -0.2) is 50.2 Å². The standard InChI is InChI=1S/C9H18N2O2/c1-3-11(2)9(12)7-13-8-4-5-10-6-8/h8,10H,3-7H2,1-2H3/t8-/m1/s1. The van der Waals surface area contributed by atoms with Crippen LogP contribution in [0.1, 0.15) is 13.3 Å². The van der Waals surface area contributed by atoms with Crippen LogP contribution in [0.2, 0.25) is 0 Å². The van der Waals surface area contributed by atoms with E-state index in [0.717, 1.165) is 26.1 Å². The number of amides is 1. The van der Waals surface area contributed by atoms with Gasteiger partial charge in [0.25, 0.3) is 0 Å². The van der Waals surface area contributed by atoms with Gasteiger partial charge in [0, 0.05) is 20.1 Å². The molecule has 1 amide bonds. The molecule has 0 aromatic rings. The summed E-state index contributed by atoms with van der Waals surface area (Å²) in [5.74, 6) is 0.0643. The van der Waals surface area contributed by atoms with Crippen LogP contribution >= 0.6 is 0 Å². The van der Waals surface area contributed by atoms with Crippen molar-refractivity contribution in [2.75, 3.05) is 33.3 Å². The summed E-state index contributed by atoms with van der Waals surface area (Å²) in [6.07, 6.45) is 1.25. The lowest BCUT2D eigenvalue weighted by Gasteiger charge is -2.16. The van der Waals surface area contributed by atoms with Gasteiger partial charge in [-0.2, -0.15) is 0 Å². The largest absolute Gasteiger partial charge is 0.367 e. The highest BCUT2D eigenvalue weighted by atomic mass is 16.5. The van der Waals surface area contributed by atoms with Crippen molar-refractivity contribution in [2.24, 2.45) is 0 Å². The molecule has 1 aliphatic heterocycles. The third kappa shape index (κ3) is 3.32. The highest BCUT2D eigenvalue weighted by molar-refractivity contribution is 5.77. The maximum Gasteiger partial charge on any atom is 0.248 e. The van der Waals surface area contributed by atoms with Gasteiger partial charge in [0.2, 0.25) is 5.91 Å². The van der Waals surface area contributed by atoms with E-state index in [1.807, 2.05) is 6.92 Å². The van der Waals surface area contributed by atoms with Crippen molar-refractivity contribution in [1.29, 1.82) is 0 Å². The van der Waals surface area contributed by atoms with Gasteiger partial charge >= 0.3 is 0 Å². The number of rotatable bonds is 4. The van der Waals surface area contributed by atoms with Crippen molar-refractivity contribution in [3.63, 3.8) is 0 Å². The summed E-state index contributed by atoms with van der Waals surface area (Å²) >= 11 is 0. The third-order valence-electron chi connectivity index (χ3n) is 2.36. The van der Waals surface area contributed by atoms with Crippen LogP contribution in [-0.2, 0) is 9.53 Å². The Morgan fingerprint density at radius 2 is 2.46 bits per heavy atom. The van der Waals surface area contributed by atoms with Crippen molar-refractivity contribution in [3.05, 3.63) is 0 Å². The molecule has 0 spiro atoms. The quantitative estimate of drug-likeness (QED) is 0.663. The summed E-state index contributed by atoms with van der Waals surface area (Å²) in [6.45, 7) is 4.79. The van der Waals surface area contributed by atoms with Crippen molar-refractivity contribution < 1.29 is 9.53 Å². The molecule has 13 heavy (non-hydrogen) atoms. The van der Waals surface area contributed by atoms with E-state index in [2.05, 4.69) is 5.32 Å². The van der Waals surface area contributed by atoms with Gasteiger partial charge in [-0.15, -0.1) is 0 Å². The molecule has 1 fully saturated rings. The second kappa shape index (κ2) is 5.19. The molecular formula is C9H18N2O2. The third-order valence-corrected chi connectivity index (χ3v) is 2.36. The zero-order valence-corrected chi connectivity index (χ0v) is 8.38. The Bertz CT molecular complexity index is 167. The zero-order chi connectivity index (χ0) is 9.68. The van der Waals surface area contributed by atoms with Gasteiger partial charge < -0.3 is 15.0 Å². The van der Waals surface area contributed by atoms with Crippen LogP contribution in [0.3, 0.4) is 0 Å². The lowest BCUT2D eigenvalue weighted by atomic mass is 10.3. The molecule has 4 nitrogen and oxygen atoms in total. The predicted octanol–water partition coefficient (Wildman–Crippen LogP) is -0.157. The van der Waals surface area contributed by atoms with E-state index < -0.39 is 0 Å². The van der Waals surface area contributed by atoms with Gasteiger partial charge in [0.15, 0.2) is 0 Å². The van der Waals surface area contributed by atoms with Gasteiger partial charge in [-0.25, -0.2) is 0 Å². The summed E-state index contributed by atoms with van der Waals surface area (Å²) < 4.78 is 5.43. The van der Waals surface area contributed by atoms with Crippen LogP contribution < -0.4 is 5.32 Å². The zero-order valence-electron chi connectivity index (χ0n) is 8.38. The van der Waals surface area contributed by atoms with Crippen molar-refractivity contribution in [2.45, 2.75) is 19.4 Å². The number of hydrogen-bond acceptors (Lipinski definition) is 3. The van der Waals surface area contributed by atoms with Gasteiger partial charge in [-0.3, -0.25) is 4.79 Å². The molecule has 0 saturated carbocycles. The monoisotopic (exact) mass is 186 g/mol. The molecule has 1 aliphatic rings. The lowest BCUT2D eigenvalue weighted by molar-refractivity contribution is -0.136. The summed E-state index contributed by atoms with van der Waals surface area (Å²) in [5, 5.41) is 3.19. The Hall–Kier alpha value is -0.610. The SMILES string of the molecule is CCN(C)C(=O)CO[C@@H]1CCNC1. The van der Waals surface area contributed by atoms with Crippen molar-refractivity contribution in [1.82, 2.24) is 10.2 Å². The number of ether oxygens (including phenoxy) is 1. The molecule has 0 aromatic carbocycles. The maximum absolute atomic E-state index is 11.3. The van der Waals surface area contributed by atoms with Crippen LogP contribution in [0.4, 0.5) is 0 Å². The van der Waals surface area contributed by atoms with E-state index in [4.69, 9.17) is 4.74 Å². The summed E-state index contributed by atoms with van der Waals surface area (Å²) in [4.78, 5) is 13.0. The number of carbonyl (C=O) groups is 1. The fourth-order valence-electron chi connectivity index (χ4n) is 1.25. The molecule has 1 atom stereocenters. The Morgan fingerprint density at radius 1 is 1.69 bits per heavy atom. The molecule has 0 aromatic heterocycles. The number of hydrogen-bond donors (Lipinski definition) is 1. The van der Waals surface area contributed by atoms with E-state index in [9.17, 15) is 4.79 Å². The molecule has 1 rings (SSSR count). The molecular weight excluding hydrogens is 168 g/mol. The second-order valence-electron chi connectivity index (χ2n) is 3.33. The average molecular weight is 186 g/mol. The minimum atomic E-state index is 0.0643. The fraction of sp³-hybridized carbons (Fsp3) is 0.889. The Morgan fingerprint density at radius 3 is 3.00 bits per heavy atom. The molecule has 1 saturated heterocycles. The minimum Gasteiger partial charge on any atom is -0.367 e. The van der Waals surface area contributed by atoms with Gasteiger partial charge in [0.1, 0.15) is 6.61 Å². The van der Waals surface area contributed by atoms with E-state index >= 15 is 0 Å². The van der Waals surface area contributed by atoms with E-state index in [1.165, 1.54) is 0 Å². The number of carbonyl (C=O) groups excluding carboxylic acids is 1. The predicted molar refractivity (Wildman–Crippen MR) is 50.5 cm³/mol. The highest BCUT2D eigenvalue weighted by Crippen LogP contribution is 2.02. The topological polar surface area (TPSA) is 41.6 Å². The molecule has 76 valence electrons. The molecule has 0 bridgehead atoms. The summed E-state index contributed by atoms with van der Waals surface area (Å²) in [7, 11) is 1.79. The highest BCUT2D eigenvalue weighted by Gasteiger charge is 2.16. The molecule has 0 radical (unpaired) electrons. The smallest absolute Gasteiger partial charge is 0.248 e. The van der Waals surface area contributed by atoms with Crippen molar-refractivity contribution in [3.8, 4) is 0 Å². The van der Waals surface area contributed by atoms with E-state index in [-0.39, 0.29) is 18.6 Å². The van der Waals surface area contributed by atoms with Crippen LogP contribution in [0.25, 0.3) is 0 Å². The first-order chi connectivity index (χ1) is 6.24. The summed E-state index contributed by atoms with van der Waals surface area (Å²) in [5.41, 5.74) is 0. The van der Waals surface area contributed by atoms with E-state index in [1.54, 1.807) is 11.9 Å². The first-order valence-corrected chi connectivity index (χ1v) is 4.80. The normalized spacial score (nSPS) is 21.8. The number of nitrogens with one attached hydrogen (secondary N) is 1. The molecule has 1 N–H and O–H groups in total. The van der Waals surface area contributed by atoms with E-state index in [0.29, 0.717) is 0 Å². The molecule has 0 aliphatic carbocycles. The fourth-order valence-corrected chi connectivity index (χ4v) is 1.25. The first-order valence-electron chi connectivity index (χ1n) is 4.80. The van der Waals surface area contributed by atoms with Gasteiger partial charge in [-0.1, -0.05) is 0 Å². The lowest BCUT2D eigenvalue weighted by Crippen LogP contribution is -2.32. The number of nitrogens with zero attached hydrogens (tertiary/aromatic N) is 1. The first kappa shape index (κ1) is 10.5. The summed E-state index contributed by atoms with van der Waals surface area (Å²) in [6, 6.07) is 0. The van der Waals surface area contributed by atoms with Crippen LogP contribution in [0, 0.1) is 0 Å². The maximum atomic E-state index is 11.3. The second-order valence-corrected chi connectivity index (χ2v) is 3.33. The number of likely N-dealkylation sites (N-methyl/N-ethyl adjacent to an activating group) is 1. The van der Waals surface area contributed by atoms with Gasteiger partial charge in [-0.05, 0) is 19.9 Å². The van der Waals surface area contributed by atoms with Crippen LogP contribution in [0.15, 0.2) is 0 Å². The Labute approximate surface area is 79.2 Å². The Kier molecular flexibility index (Phi) is 4.18. The van der Waals surface area contributed by atoms with Crippen LogP contribution in [0.5, 0.6) is 0 Å². The Balaban J connectivity index is 2.13. The molecule has 1 heterocycles. The molecule has 0 unspecified atom stereocenters. The average Bonchev–Trinajstić information content (AvgIpc) is 2.65. The minimum absolute atomic E-state index is 0.0643. The van der Waals surface area contributed by atoms with Gasteiger partial charge in [0.05, 0.1) is 6.10 Å². The molecule has 4 heteroatoms. The van der Waals surface area contributed by atoms with Crippen molar-refractivity contribution >= 4 is 5.91 Å².